The average molecular weight is 329 g/mol. The van der Waals surface area contributed by atoms with Crippen LogP contribution in [0.15, 0.2) is 72.1 Å². The maximum Gasteiger partial charge on any atom is 0.241 e. The van der Waals surface area contributed by atoms with Crippen LogP contribution in [-0.2, 0) is 10.0 Å². The van der Waals surface area contributed by atoms with Gasteiger partial charge in [-0.3, -0.25) is 0 Å². The first-order valence-electron chi connectivity index (χ1n) is 7.42. The zero-order valence-corrected chi connectivity index (χ0v) is 13.7. The van der Waals surface area contributed by atoms with Crippen molar-refractivity contribution in [2.75, 3.05) is 0 Å². The van der Waals surface area contributed by atoms with Crippen LogP contribution in [-0.4, -0.2) is 14.0 Å². The second-order valence-electron chi connectivity index (χ2n) is 5.85. The van der Waals surface area contributed by atoms with Crippen LogP contribution in [0.25, 0.3) is 0 Å². The molecule has 0 fully saturated rings. The first kappa shape index (κ1) is 15.8. The minimum atomic E-state index is -3.60. The van der Waals surface area contributed by atoms with Gasteiger partial charge in [-0.05, 0) is 31.2 Å². The van der Waals surface area contributed by atoms with Crippen molar-refractivity contribution >= 4 is 10.0 Å². The van der Waals surface area contributed by atoms with E-state index in [1.807, 2.05) is 31.2 Å². The summed E-state index contributed by atoms with van der Waals surface area (Å²) in [6, 6.07) is 15.5. The van der Waals surface area contributed by atoms with Crippen molar-refractivity contribution in [1.82, 2.24) is 4.72 Å². The number of para-hydroxylation sites is 1. The van der Waals surface area contributed by atoms with Crippen LogP contribution in [0.4, 0.5) is 0 Å². The number of rotatable bonds is 4. The van der Waals surface area contributed by atoms with E-state index in [0.717, 1.165) is 5.56 Å². The lowest BCUT2D eigenvalue weighted by atomic mass is 9.89. The van der Waals surface area contributed by atoms with Crippen molar-refractivity contribution < 1.29 is 13.2 Å². The minimum Gasteiger partial charge on any atom is -0.483 e. The van der Waals surface area contributed by atoms with Crippen LogP contribution in [0.2, 0.25) is 0 Å². The summed E-state index contributed by atoms with van der Waals surface area (Å²) in [6.45, 7) is 5.72. The second-order valence-corrected chi connectivity index (χ2v) is 7.56. The predicted molar refractivity (Wildman–Crippen MR) is 89.8 cm³/mol. The lowest BCUT2D eigenvalue weighted by Gasteiger charge is -2.38. The molecule has 5 heteroatoms. The first-order valence-corrected chi connectivity index (χ1v) is 8.91. The number of sulfonamides is 1. The lowest BCUT2D eigenvalue weighted by molar-refractivity contribution is 0.0988. The molecule has 0 unspecified atom stereocenters. The molecule has 2 aromatic carbocycles. The first-order chi connectivity index (χ1) is 10.9. The Morgan fingerprint density at radius 2 is 1.83 bits per heavy atom. The van der Waals surface area contributed by atoms with Crippen LogP contribution in [0.5, 0.6) is 5.75 Å². The summed E-state index contributed by atoms with van der Waals surface area (Å²) >= 11 is 0. The lowest BCUT2D eigenvalue weighted by Crippen LogP contribution is -2.41. The summed E-state index contributed by atoms with van der Waals surface area (Å²) in [5.74, 6) is 0.682. The van der Waals surface area contributed by atoms with Crippen LogP contribution in [0.1, 0.15) is 24.9 Å². The average Bonchev–Trinajstić information content (AvgIpc) is 2.55. The molecule has 1 aliphatic heterocycles. The Morgan fingerprint density at radius 3 is 2.52 bits per heavy atom. The number of benzene rings is 2. The molecule has 0 radical (unpaired) electrons. The van der Waals surface area contributed by atoms with E-state index in [2.05, 4.69) is 11.3 Å². The predicted octanol–water partition coefficient (Wildman–Crippen LogP) is 3.43. The molecule has 2 atom stereocenters. The highest BCUT2D eigenvalue weighted by Gasteiger charge is 2.37. The molecule has 3 rings (SSSR count). The van der Waals surface area contributed by atoms with Gasteiger partial charge in [-0.2, -0.15) is 0 Å². The van der Waals surface area contributed by atoms with Crippen molar-refractivity contribution in [3.63, 3.8) is 0 Å². The van der Waals surface area contributed by atoms with Gasteiger partial charge >= 0.3 is 0 Å². The largest absolute Gasteiger partial charge is 0.483 e. The molecule has 0 saturated heterocycles. The molecular formula is C18H19NO3S. The van der Waals surface area contributed by atoms with Gasteiger partial charge in [0.1, 0.15) is 11.4 Å². The topological polar surface area (TPSA) is 55.4 Å². The van der Waals surface area contributed by atoms with Crippen LogP contribution in [0.3, 0.4) is 0 Å². The van der Waals surface area contributed by atoms with Crippen molar-refractivity contribution in [2.45, 2.75) is 29.9 Å². The quantitative estimate of drug-likeness (QED) is 0.874. The molecule has 0 bridgehead atoms. The molecule has 1 N–H and O–H groups in total. The molecule has 0 saturated carbocycles. The standard InChI is InChI=1S/C18H19NO3S/c1-3-18(2)13-16(15-11-7-8-12-17(15)22-18)19-23(20,21)14-9-5-4-6-10-14/h3-12,16,19H,1,13H2,2H3/t16-,18+/m1/s1. The molecule has 0 aromatic heterocycles. The van der Waals surface area contributed by atoms with E-state index in [4.69, 9.17) is 4.74 Å². The van der Waals surface area contributed by atoms with Crippen LogP contribution < -0.4 is 9.46 Å². The van der Waals surface area contributed by atoms with Gasteiger partial charge in [0, 0.05) is 12.0 Å². The Labute approximate surface area is 136 Å². The number of ether oxygens (including phenoxy) is 1. The summed E-state index contributed by atoms with van der Waals surface area (Å²) in [5, 5.41) is 0. The normalized spacial score (nSPS) is 23.6. The van der Waals surface area contributed by atoms with E-state index in [0.29, 0.717) is 12.2 Å². The van der Waals surface area contributed by atoms with Gasteiger partial charge in [-0.15, -0.1) is 0 Å². The smallest absolute Gasteiger partial charge is 0.241 e. The number of hydrogen-bond donors (Lipinski definition) is 1. The monoisotopic (exact) mass is 329 g/mol. The Bertz CT molecular complexity index is 817. The number of hydrogen-bond acceptors (Lipinski definition) is 3. The van der Waals surface area contributed by atoms with E-state index in [9.17, 15) is 8.42 Å². The number of nitrogens with one attached hydrogen (secondary N) is 1. The van der Waals surface area contributed by atoms with E-state index in [1.54, 1.807) is 36.4 Å². The fourth-order valence-electron chi connectivity index (χ4n) is 2.75. The van der Waals surface area contributed by atoms with Crippen molar-refractivity contribution in [2.24, 2.45) is 0 Å². The molecule has 0 aliphatic carbocycles. The summed E-state index contributed by atoms with van der Waals surface area (Å²) < 4.78 is 34.0. The summed E-state index contributed by atoms with van der Waals surface area (Å²) in [6.07, 6.45) is 2.20. The summed E-state index contributed by atoms with van der Waals surface area (Å²) in [7, 11) is -3.60. The molecule has 120 valence electrons. The molecule has 23 heavy (non-hydrogen) atoms. The molecule has 0 spiro atoms. The van der Waals surface area contributed by atoms with E-state index in [1.165, 1.54) is 0 Å². The fourth-order valence-corrected chi connectivity index (χ4v) is 3.99. The minimum absolute atomic E-state index is 0.254. The molecule has 2 aromatic rings. The Kier molecular flexibility index (Phi) is 4.00. The second kappa shape index (κ2) is 5.83. The third-order valence-electron chi connectivity index (χ3n) is 4.03. The van der Waals surface area contributed by atoms with E-state index in [-0.39, 0.29) is 10.9 Å². The molecule has 0 amide bonds. The Hall–Kier alpha value is -2.11. The summed E-state index contributed by atoms with van der Waals surface area (Å²) in [4.78, 5) is 0.254. The third kappa shape index (κ3) is 3.16. The zero-order chi connectivity index (χ0) is 16.5. The van der Waals surface area contributed by atoms with Crippen molar-refractivity contribution in [1.29, 1.82) is 0 Å². The Balaban J connectivity index is 1.97. The van der Waals surface area contributed by atoms with Crippen molar-refractivity contribution in [3.8, 4) is 5.75 Å². The number of fused-ring (bicyclic) bond motifs is 1. The van der Waals surface area contributed by atoms with Gasteiger partial charge < -0.3 is 4.74 Å². The molecule has 1 heterocycles. The highest BCUT2D eigenvalue weighted by Crippen LogP contribution is 2.40. The van der Waals surface area contributed by atoms with E-state index < -0.39 is 15.6 Å². The van der Waals surface area contributed by atoms with Crippen LogP contribution in [0, 0.1) is 0 Å². The van der Waals surface area contributed by atoms with Gasteiger partial charge in [0.05, 0.1) is 10.9 Å². The van der Waals surface area contributed by atoms with Gasteiger partial charge in [0.2, 0.25) is 10.0 Å². The van der Waals surface area contributed by atoms with Gasteiger partial charge in [-0.25, -0.2) is 13.1 Å². The molecule has 1 aliphatic rings. The Morgan fingerprint density at radius 1 is 1.17 bits per heavy atom. The highest BCUT2D eigenvalue weighted by atomic mass is 32.2. The molecule has 4 nitrogen and oxygen atoms in total. The summed E-state index contributed by atoms with van der Waals surface area (Å²) in [5.41, 5.74) is 0.226. The fraction of sp³-hybridized carbons (Fsp3) is 0.222. The van der Waals surface area contributed by atoms with Crippen molar-refractivity contribution in [3.05, 3.63) is 72.8 Å². The van der Waals surface area contributed by atoms with Crippen LogP contribution >= 0.6 is 0 Å². The van der Waals surface area contributed by atoms with Gasteiger partial charge in [-0.1, -0.05) is 43.0 Å². The maximum atomic E-state index is 12.6. The third-order valence-corrected chi connectivity index (χ3v) is 5.52. The zero-order valence-electron chi connectivity index (χ0n) is 12.9. The van der Waals surface area contributed by atoms with Gasteiger partial charge in [0.25, 0.3) is 0 Å². The highest BCUT2D eigenvalue weighted by molar-refractivity contribution is 7.89. The SMILES string of the molecule is C=C[C@@]1(C)C[C@@H](NS(=O)(=O)c2ccccc2)c2ccccc2O1. The molecular weight excluding hydrogens is 310 g/mol. The van der Waals surface area contributed by atoms with E-state index >= 15 is 0 Å². The maximum absolute atomic E-state index is 12.6. The van der Waals surface area contributed by atoms with Gasteiger partial charge in [0.15, 0.2) is 0 Å².